The highest BCUT2D eigenvalue weighted by molar-refractivity contribution is 5.79. The second-order valence-corrected chi connectivity index (χ2v) is 6.77. The van der Waals surface area contributed by atoms with Crippen LogP contribution in [0.5, 0.6) is 0 Å². The molecule has 2 heterocycles. The van der Waals surface area contributed by atoms with E-state index in [9.17, 15) is 9.59 Å². The topological polar surface area (TPSA) is 67.2 Å². The summed E-state index contributed by atoms with van der Waals surface area (Å²) < 4.78 is 1.47. The number of amides is 1. The smallest absolute Gasteiger partial charge is 0.269 e. The molecular weight excluding hydrogens is 328 g/mol. The molecule has 0 bridgehead atoms. The minimum Gasteiger partial charge on any atom is -0.369 e. The first kappa shape index (κ1) is 18.2. The first-order valence-electron chi connectivity index (χ1n) is 9.31. The van der Waals surface area contributed by atoms with Gasteiger partial charge in [0.15, 0.2) is 0 Å². The van der Waals surface area contributed by atoms with Crippen LogP contribution >= 0.6 is 0 Å². The van der Waals surface area contributed by atoms with Crippen molar-refractivity contribution >= 4 is 11.6 Å². The average molecular weight is 354 g/mol. The number of aromatic nitrogens is 2. The van der Waals surface area contributed by atoms with Gasteiger partial charge in [-0.3, -0.25) is 9.59 Å². The molecule has 0 unspecified atom stereocenters. The van der Waals surface area contributed by atoms with Crippen molar-refractivity contribution < 1.29 is 4.79 Å². The average Bonchev–Trinajstić information content (AvgIpc) is 2.68. The van der Waals surface area contributed by atoms with Crippen molar-refractivity contribution in [3.05, 3.63) is 58.5 Å². The molecule has 1 N–H and O–H groups in total. The summed E-state index contributed by atoms with van der Waals surface area (Å²) in [5, 5.41) is 7.30. The lowest BCUT2D eigenvalue weighted by Crippen LogP contribution is -2.43. The fourth-order valence-corrected chi connectivity index (χ4v) is 3.29. The van der Waals surface area contributed by atoms with Gasteiger partial charge in [0.05, 0.1) is 24.3 Å². The molecule has 1 amide bonds. The van der Waals surface area contributed by atoms with E-state index in [0.29, 0.717) is 19.6 Å². The first-order chi connectivity index (χ1) is 12.7. The molecule has 1 atom stereocenters. The van der Waals surface area contributed by atoms with Crippen molar-refractivity contribution in [2.75, 3.05) is 24.5 Å². The van der Waals surface area contributed by atoms with Crippen LogP contribution in [0.3, 0.4) is 0 Å². The van der Waals surface area contributed by atoms with E-state index in [1.54, 1.807) is 12.3 Å². The Morgan fingerprint density at radius 3 is 2.85 bits per heavy atom. The van der Waals surface area contributed by atoms with Gasteiger partial charge in [0.25, 0.3) is 5.56 Å². The van der Waals surface area contributed by atoms with Crippen molar-refractivity contribution in [3.8, 4) is 0 Å². The first-order valence-corrected chi connectivity index (χ1v) is 9.31. The molecule has 6 nitrogen and oxygen atoms in total. The highest BCUT2D eigenvalue weighted by Gasteiger charge is 2.26. The van der Waals surface area contributed by atoms with Gasteiger partial charge < -0.3 is 10.2 Å². The maximum Gasteiger partial charge on any atom is 0.269 e. The quantitative estimate of drug-likeness (QED) is 0.862. The molecule has 1 saturated heterocycles. The maximum absolute atomic E-state index is 12.4. The van der Waals surface area contributed by atoms with E-state index < -0.39 is 0 Å². The number of carbonyl (C=O) groups is 1. The van der Waals surface area contributed by atoms with Crippen LogP contribution in [0.15, 0.2) is 47.4 Å². The fraction of sp³-hybridized carbons (Fsp3) is 0.450. The van der Waals surface area contributed by atoms with E-state index in [1.165, 1.54) is 4.68 Å². The number of hydrogen-bond donors (Lipinski definition) is 1. The molecule has 6 heteroatoms. The Bertz CT molecular complexity index is 788. The van der Waals surface area contributed by atoms with Crippen LogP contribution in [0.4, 0.5) is 5.69 Å². The third kappa shape index (κ3) is 4.50. The molecule has 2 aromatic rings. The lowest BCUT2D eigenvalue weighted by molar-refractivity contribution is -0.125. The number of carbonyl (C=O) groups excluding carboxylic acids is 1. The van der Waals surface area contributed by atoms with E-state index in [0.717, 1.165) is 37.1 Å². The largest absolute Gasteiger partial charge is 0.369 e. The summed E-state index contributed by atoms with van der Waals surface area (Å²) in [6.45, 7) is 4.71. The molecule has 0 saturated carbocycles. The third-order valence-electron chi connectivity index (χ3n) is 4.74. The zero-order chi connectivity index (χ0) is 18.4. The summed E-state index contributed by atoms with van der Waals surface area (Å²) in [4.78, 5) is 26.8. The number of nitrogens with one attached hydrogen (secondary N) is 1. The van der Waals surface area contributed by atoms with E-state index in [2.05, 4.69) is 15.3 Å². The monoisotopic (exact) mass is 354 g/mol. The fourth-order valence-electron chi connectivity index (χ4n) is 3.29. The Kier molecular flexibility index (Phi) is 6.04. The van der Waals surface area contributed by atoms with Crippen LogP contribution in [-0.2, 0) is 11.3 Å². The minimum absolute atomic E-state index is 0.0259. The molecule has 0 radical (unpaired) electrons. The van der Waals surface area contributed by atoms with E-state index in [4.69, 9.17) is 0 Å². The molecule has 3 rings (SSSR count). The van der Waals surface area contributed by atoms with Crippen molar-refractivity contribution in [2.24, 2.45) is 5.92 Å². The van der Waals surface area contributed by atoms with Crippen molar-refractivity contribution in [2.45, 2.75) is 32.7 Å². The standard InChI is InChI=1S/C20H26N4O2/c1-2-10-21-20(26)17-9-6-11-23(15-17)18-12-19(25)24(22-13-18)14-16-7-4-3-5-8-16/h3-5,7-8,12-13,17H,2,6,9-11,14-15H2,1H3,(H,21,26)/t17-/m1/s1. The summed E-state index contributed by atoms with van der Waals surface area (Å²) in [7, 11) is 0. The van der Waals surface area contributed by atoms with Gasteiger partial charge in [0, 0.05) is 25.7 Å². The Hall–Kier alpha value is -2.63. The second kappa shape index (κ2) is 8.65. The Morgan fingerprint density at radius 1 is 1.31 bits per heavy atom. The van der Waals surface area contributed by atoms with Crippen LogP contribution in [0.1, 0.15) is 31.7 Å². The molecule has 1 aromatic heterocycles. The predicted molar refractivity (Wildman–Crippen MR) is 102 cm³/mol. The highest BCUT2D eigenvalue weighted by Crippen LogP contribution is 2.21. The zero-order valence-electron chi connectivity index (χ0n) is 15.2. The normalized spacial score (nSPS) is 17.1. The van der Waals surface area contributed by atoms with Crippen molar-refractivity contribution in [1.29, 1.82) is 0 Å². The van der Waals surface area contributed by atoms with Gasteiger partial charge in [0.2, 0.25) is 5.91 Å². The van der Waals surface area contributed by atoms with Crippen LogP contribution < -0.4 is 15.8 Å². The molecule has 1 fully saturated rings. The number of piperidine rings is 1. The molecule has 138 valence electrons. The van der Waals surface area contributed by atoms with E-state index >= 15 is 0 Å². The number of benzene rings is 1. The Labute approximate surface area is 153 Å². The molecule has 1 aliphatic rings. The predicted octanol–water partition coefficient (Wildman–Crippen LogP) is 2.03. The molecule has 0 spiro atoms. The van der Waals surface area contributed by atoms with Gasteiger partial charge in [-0.2, -0.15) is 5.10 Å². The zero-order valence-corrected chi connectivity index (χ0v) is 15.2. The third-order valence-corrected chi connectivity index (χ3v) is 4.74. The van der Waals surface area contributed by atoms with Crippen molar-refractivity contribution in [3.63, 3.8) is 0 Å². The van der Waals surface area contributed by atoms with Gasteiger partial charge in [-0.05, 0) is 24.8 Å². The number of hydrogen-bond acceptors (Lipinski definition) is 4. The summed E-state index contributed by atoms with van der Waals surface area (Å²) in [6, 6.07) is 11.4. The summed E-state index contributed by atoms with van der Waals surface area (Å²) in [6.07, 6.45) is 4.50. The lowest BCUT2D eigenvalue weighted by Gasteiger charge is -2.33. The van der Waals surface area contributed by atoms with Crippen LogP contribution in [0.25, 0.3) is 0 Å². The maximum atomic E-state index is 12.4. The van der Waals surface area contributed by atoms with Gasteiger partial charge in [-0.25, -0.2) is 4.68 Å². The highest BCUT2D eigenvalue weighted by atomic mass is 16.2. The Morgan fingerprint density at radius 2 is 2.12 bits per heavy atom. The molecule has 0 aliphatic carbocycles. The van der Waals surface area contributed by atoms with Gasteiger partial charge >= 0.3 is 0 Å². The Balaban J connectivity index is 1.68. The van der Waals surface area contributed by atoms with Gasteiger partial charge in [-0.1, -0.05) is 37.3 Å². The number of nitrogens with zero attached hydrogens (tertiary/aromatic N) is 3. The molecule has 1 aliphatic heterocycles. The SMILES string of the molecule is CCCNC(=O)[C@@H]1CCCN(c2cnn(Cc3ccccc3)c(=O)c2)C1. The summed E-state index contributed by atoms with van der Waals surface area (Å²) in [5.74, 6) is 0.0870. The van der Waals surface area contributed by atoms with Crippen LogP contribution in [0, 0.1) is 5.92 Å². The second-order valence-electron chi connectivity index (χ2n) is 6.77. The van der Waals surface area contributed by atoms with Crippen LogP contribution in [-0.4, -0.2) is 35.3 Å². The van der Waals surface area contributed by atoms with E-state index in [-0.39, 0.29) is 17.4 Å². The van der Waals surface area contributed by atoms with Crippen molar-refractivity contribution in [1.82, 2.24) is 15.1 Å². The summed E-state index contributed by atoms with van der Waals surface area (Å²) >= 11 is 0. The lowest BCUT2D eigenvalue weighted by atomic mass is 9.97. The molecule has 1 aromatic carbocycles. The number of anilines is 1. The van der Waals surface area contributed by atoms with Gasteiger partial charge in [-0.15, -0.1) is 0 Å². The number of rotatable bonds is 6. The van der Waals surface area contributed by atoms with E-state index in [1.807, 2.05) is 37.3 Å². The summed E-state index contributed by atoms with van der Waals surface area (Å²) in [5.41, 5.74) is 1.72. The van der Waals surface area contributed by atoms with Crippen LogP contribution in [0.2, 0.25) is 0 Å². The van der Waals surface area contributed by atoms with Gasteiger partial charge in [0.1, 0.15) is 0 Å². The molecule has 26 heavy (non-hydrogen) atoms. The molecular formula is C20H26N4O2. The minimum atomic E-state index is -0.121.